The molecule has 2 aromatic heterocycles. The smallest absolute Gasteiger partial charge is 0.329 e. The van der Waals surface area contributed by atoms with E-state index < -0.39 is 12.0 Å². The van der Waals surface area contributed by atoms with Gasteiger partial charge < -0.3 is 15.4 Å². The Balaban J connectivity index is 1.91. The zero-order valence-corrected chi connectivity index (χ0v) is 18.8. The molecule has 0 aliphatic heterocycles. The number of aromatic nitrogens is 3. The van der Waals surface area contributed by atoms with E-state index in [9.17, 15) is 14.7 Å². The van der Waals surface area contributed by atoms with Gasteiger partial charge in [-0.3, -0.25) is 13.9 Å². The Morgan fingerprint density at radius 1 is 1.16 bits per heavy atom. The van der Waals surface area contributed by atoms with Crippen LogP contribution in [0, 0.1) is 6.92 Å². The lowest BCUT2D eigenvalue weighted by Gasteiger charge is -2.16. The minimum Gasteiger partial charge on any atom is -0.481 e. The van der Waals surface area contributed by atoms with Crippen molar-refractivity contribution in [3.63, 3.8) is 0 Å². The molecule has 4 rings (SSSR count). The summed E-state index contributed by atoms with van der Waals surface area (Å²) < 4.78 is 5.47. The number of fused-ring (bicyclic) bond motifs is 2. The highest BCUT2D eigenvalue weighted by molar-refractivity contribution is 5.87. The summed E-state index contributed by atoms with van der Waals surface area (Å²) in [6.45, 7) is 4.54. The molecule has 1 atom stereocenters. The number of carboxylic acid groups (broad SMARTS) is 1. The summed E-state index contributed by atoms with van der Waals surface area (Å²) in [6.07, 6.45) is 4.38. The maximum Gasteiger partial charge on any atom is 0.329 e. The largest absolute Gasteiger partial charge is 0.481 e. The minimum absolute atomic E-state index is 0.0960. The number of nitrogens with zero attached hydrogens (tertiary/aromatic N) is 3. The lowest BCUT2D eigenvalue weighted by Crippen LogP contribution is -2.29. The fraction of sp³-hybridized carbons (Fsp3) is 0.360. The summed E-state index contributed by atoms with van der Waals surface area (Å²) in [7, 11) is 2.01. The summed E-state index contributed by atoms with van der Waals surface area (Å²) in [4.78, 5) is 25.3. The molecule has 0 bridgehead atoms. The van der Waals surface area contributed by atoms with Crippen molar-refractivity contribution in [1.82, 2.24) is 13.7 Å². The number of carboxylic acids is 1. The first kappa shape index (κ1) is 21.7. The van der Waals surface area contributed by atoms with Gasteiger partial charge in [-0.05, 0) is 48.7 Å². The number of imidazole rings is 1. The van der Waals surface area contributed by atoms with Crippen molar-refractivity contribution in [2.75, 3.05) is 5.73 Å². The van der Waals surface area contributed by atoms with Gasteiger partial charge in [-0.2, -0.15) is 0 Å². The van der Waals surface area contributed by atoms with Gasteiger partial charge in [0.2, 0.25) is 0 Å². The predicted octanol–water partition coefficient (Wildman–Crippen LogP) is 4.44. The van der Waals surface area contributed by atoms with E-state index in [1.807, 2.05) is 19.2 Å². The van der Waals surface area contributed by atoms with Gasteiger partial charge >= 0.3 is 11.7 Å². The molecule has 0 amide bonds. The fourth-order valence-corrected chi connectivity index (χ4v) is 4.79. The molecule has 7 heteroatoms. The molecule has 32 heavy (non-hydrogen) atoms. The summed E-state index contributed by atoms with van der Waals surface area (Å²) in [5, 5.41) is 10.7. The van der Waals surface area contributed by atoms with E-state index in [1.165, 1.54) is 0 Å². The number of rotatable bonds is 8. The van der Waals surface area contributed by atoms with Gasteiger partial charge in [0.25, 0.3) is 0 Å². The Kier molecular flexibility index (Phi) is 5.82. The van der Waals surface area contributed by atoms with E-state index >= 15 is 0 Å². The third-order valence-electron chi connectivity index (χ3n) is 6.28. The van der Waals surface area contributed by atoms with E-state index in [0.717, 1.165) is 40.4 Å². The molecular weight excluding hydrogens is 404 g/mol. The number of aliphatic carboxylic acids is 1. The topological polar surface area (TPSA) is 95.2 Å². The molecule has 1 unspecified atom stereocenters. The van der Waals surface area contributed by atoms with Crippen molar-refractivity contribution in [1.29, 1.82) is 0 Å². The first-order valence-corrected chi connectivity index (χ1v) is 11.1. The fourth-order valence-electron chi connectivity index (χ4n) is 4.79. The third kappa shape index (κ3) is 3.79. The van der Waals surface area contributed by atoms with Crippen molar-refractivity contribution in [2.45, 2.75) is 52.1 Å². The lowest BCUT2D eigenvalue weighted by molar-refractivity contribution is -0.137. The minimum atomic E-state index is -0.910. The molecule has 0 aliphatic carbocycles. The Morgan fingerprint density at radius 2 is 1.94 bits per heavy atom. The lowest BCUT2D eigenvalue weighted by atomic mass is 10.1. The number of unbranched alkanes of at least 4 members (excludes halogenated alkanes) is 1. The highest BCUT2D eigenvalue weighted by atomic mass is 16.4. The van der Waals surface area contributed by atoms with Gasteiger partial charge in [0.1, 0.15) is 0 Å². The van der Waals surface area contributed by atoms with E-state index in [-0.39, 0.29) is 12.1 Å². The van der Waals surface area contributed by atoms with Crippen LogP contribution in [0.3, 0.4) is 0 Å². The van der Waals surface area contributed by atoms with Crippen molar-refractivity contribution >= 4 is 33.6 Å². The van der Waals surface area contributed by atoms with Gasteiger partial charge in [0.05, 0.1) is 24.0 Å². The van der Waals surface area contributed by atoms with E-state index in [0.29, 0.717) is 24.2 Å². The number of nitrogen functional groups attached to an aromatic ring is 1. The Bertz CT molecular complexity index is 1360. The highest BCUT2D eigenvalue weighted by Gasteiger charge is 2.23. The van der Waals surface area contributed by atoms with Crippen LogP contribution in [0.4, 0.5) is 5.69 Å². The summed E-state index contributed by atoms with van der Waals surface area (Å²) >= 11 is 0. The van der Waals surface area contributed by atoms with Crippen LogP contribution in [0.25, 0.3) is 21.9 Å². The van der Waals surface area contributed by atoms with Crippen LogP contribution in [0.15, 0.2) is 47.4 Å². The number of aryl methyl sites for hydroxylation is 2. The SMILES string of the molecule is CCCCC(CC(=O)O)n1c(=O)n(Cc2cn(C)c3cccc(C)c23)c2ccc(N)cc21. The number of nitrogens with two attached hydrogens (primary N) is 1. The monoisotopic (exact) mass is 434 g/mol. The molecule has 2 aromatic carbocycles. The zero-order valence-electron chi connectivity index (χ0n) is 18.8. The average Bonchev–Trinajstić information content (AvgIpc) is 3.20. The second-order valence-electron chi connectivity index (χ2n) is 8.62. The predicted molar refractivity (Wildman–Crippen MR) is 128 cm³/mol. The molecule has 0 aliphatic rings. The zero-order chi connectivity index (χ0) is 23.0. The first-order chi connectivity index (χ1) is 15.3. The maximum absolute atomic E-state index is 13.7. The maximum atomic E-state index is 13.7. The van der Waals surface area contributed by atoms with Gasteiger partial charge in [0, 0.05) is 35.9 Å². The van der Waals surface area contributed by atoms with Crippen molar-refractivity contribution in [3.8, 4) is 0 Å². The van der Waals surface area contributed by atoms with Crippen LogP contribution in [-0.2, 0) is 18.4 Å². The van der Waals surface area contributed by atoms with Gasteiger partial charge in [0.15, 0.2) is 0 Å². The van der Waals surface area contributed by atoms with E-state index in [2.05, 4.69) is 36.7 Å². The van der Waals surface area contributed by atoms with Crippen LogP contribution in [-0.4, -0.2) is 24.8 Å². The molecule has 0 fully saturated rings. The molecular formula is C25H30N4O3. The Morgan fingerprint density at radius 3 is 2.66 bits per heavy atom. The molecule has 0 spiro atoms. The molecule has 168 valence electrons. The van der Waals surface area contributed by atoms with Crippen LogP contribution in [0.5, 0.6) is 0 Å². The number of anilines is 1. The van der Waals surface area contributed by atoms with Gasteiger partial charge in [-0.15, -0.1) is 0 Å². The number of hydrogen-bond acceptors (Lipinski definition) is 3. The highest BCUT2D eigenvalue weighted by Crippen LogP contribution is 2.28. The van der Waals surface area contributed by atoms with Crippen molar-refractivity contribution in [3.05, 3.63) is 64.2 Å². The summed E-state index contributed by atoms with van der Waals surface area (Å²) in [6, 6.07) is 11.2. The number of carbonyl (C=O) groups is 1. The van der Waals surface area contributed by atoms with Crippen LogP contribution in [0.1, 0.15) is 49.8 Å². The normalized spacial score (nSPS) is 12.6. The van der Waals surface area contributed by atoms with Gasteiger partial charge in [-0.1, -0.05) is 31.9 Å². The number of hydrogen-bond donors (Lipinski definition) is 2. The van der Waals surface area contributed by atoms with Crippen LogP contribution in [0.2, 0.25) is 0 Å². The molecule has 2 heterocycles. The molecule has 0 saturated heterocycles. The standard InChI is InChI=1S/C25H30N4O3/c1-4-5-8-19(13-23(30)31)29-22-12-18(26)10-11-20(22)28(25(29)32)15-17-14-27(3)21-9-6-7-16(2)24(17)21/h6-7,9-12,14,19H,4-5,8,13,15,26H2,1-3H3,(H,30,31). The second kappa shape index (κ2) is 8.57. The van der Waals surface area contributed by atoms with Crippen LogP contribution >= 0.6 is 0 Å². The molecule has 7 nitrogen and oxygen atoms in total. The molecule has 0 saturated carbocycles. The Labute approximate surface area is 186 Å². The van der Waals surface area contributed by atoms with Crippen molar-refractivity contribution in [2.24, 2.45) is 7.05 Å². The quantitative estimate of drug-likeness (QED) is 0.401. The second-order valence-corrected chi connectivity index (χ2v) is 8.62. The van der Waals surface area contributed by atoms with E-state index in [1.54, 1.807) is 21.3 Å². The van der Waals surface area contributed by atoms with Crippen LogP contribution < -0.4 is 11.4 Å². The number of benzene rings is 2. The molecule has 3 N–H and O–H groups in total. The molecule has 4 aromatic rings. The Hall–Kier alpha value is -3.48. The molecule has 0 radical (unpaired) electrons. The third-order valence-corrected chi connectivity index (χ3v) is 6.28. The van der Waals surface area contributed by atoms with Gasteiger partial charge in [-0.25, -0.2) is 4.79 Å². The first-order valence-electron chi connectivity index (χ1n) is 11.1. The van der Waals surface area contributed by atoms with Crippen molar-refractivity contribution < 1.29 is 9.90 Å². The summed E-state index contributed by atoms with van der Waals surface area (Å²) in [5.41, 5.74) is 11.2. The van der Waals surface area contributed by atoms with E-state index in [4.69, 9.17) is 5.73 Å². The summed E-state index contributed by atoms with van der Waals surface area (Å²) in [5.74, 6) is -0.910. The average molecular weight is 435 g/mol.